The number of anilines is 1. The number of rotatable bonds is 4. The third kappa shape index (κ3) is 2.57. The van der Waals surface area contributed by atoms with E-state index in [1.807, 2.05) is 13.0 Å². The van der Waals surface area contributed by atoms with Crippen LogP contribution < -0.4 is 5.32 Å². The monoisotopic (exact) mass is 289 g/mol. The van der Waals surface area contributed by atoms with E-state index in [2.05, 4.69) is 15.3 Å². The van der Waals surface area contributed by atoms with Crippen molar-refractivity contribution in [1.29, 1.82) is 5.26 Å². The van der Waals surface area contributed by atoms with Gasteiger partial charge in [-0.05, 0) is 26.0 Å². The predicted molar refractivity (Wildman–Crippen MR) is 75.6 cm³/mol. The van der Waals surface area contributed by atoms with Crippen LogP contribution in [0.4, 0.5) is 11.6 Å². The van der Waals surface area contributed by atoms with Gasteiger partial charge in [-0.3, -0.25) is 10.1 Å². The van der Waals surface area contributed by atoms with Gasteiger partial charge >= 0.3 is 5.69 Å². The van der Waals surface area contributed by atoms with Crippen molar-refractivity contribution >= 4 is 23.0 Å². The van der Waals surface area contributed by atoms with Gasteiger partial charge in [0.2, 0.25) is 5.95 Å². The highest BCUT2D eigenvalue weighted by molar-refractivity contribution is 7.16. The normalized spacial score (nSPS) is 10.1. The Hall–Kier alpha value is -2.53. The molecule has 7 nitrogen and oxygen atoms in total. The fraction of sp³-hybridized carbons (Fsp3) is 0.250. The van der Waals surface area contributed by atoms with Crippen molar-refractivity contribution in [2.45, 2.75) is 13.8 Å². The number of nitrogens with one attached hydrogen (secondary N) is 1. The standard InChI is InChI=1S/C12H11N5O2S/c1-3-14-12-15-7(2)11(17(18)19)10(16-12)9-5-4-8(6-13)20-9/h4-5H,3H2,1-2H3,(H,14,15,16). The first-order valence-electron chi connectivity index (χ1n) is 5.84. The van der Waals surface area contributed by atoms with Crippen molar-refractivity contribution < 1.29 is 4.92 Å². The fourth-order valence-electron chi connectivity index (χ4n) is 1.72. The molecule has 0 aliphatic carbocycles. The molecule has 0 aromatic carbocycles. The number of nitrogens with zero attached hydrogens (tertiary/aromatic N) is 4. The molecule has 0 unspecified atom stereocenters. The molecule has 0 spiro atoms. The molecule has 2 aromatic heterocycles. The van der Waals surface area contributed by atoms with Crippen LogP contribution in [0, 0.1) is 28.4 Å². The first-order valence-corrected chi connectivity index (χ1v) is 6.65. The van der Waals surface area contributed by atoms with E-state index in [1.54, 1.807) is 19.1 Å². The smallest absolute Gasteiger partial charge is 0.317 e. The number of nitriles is 1. The van der Waals surface area contributed by atoms with Gasteiger partial charge < -0.3 is 5.32 Å². The van der Waals surface area contributed by atoms with Crippen molar-refractivity contribution in [3.63, 3.8) is 0 Å². The van der Waals surface area contributed by atoms with Gasteiger partial charge in [0.15, 0.2) is 5.69 Å². The summed E-state index contributed by atoms with van der Waals surface area (Å²) in [6.45, 7) is 4.08. The van der Waals surface area contributed by atoms with E-state index in [-0.39, 0.29) is 11.4 Å². The SMILES string of the molecule is CCNc1nc(C)c([N+](=O)[O-])c(-c2ccc(C#N)s2)n1. The fourth-order valence-corrected chi connectivity index (χ4v) is 2.51. The molecule has 2 aromatic rings. The zero-order valence-electron chi connectivity index (χ0n) is 10.9. The van der Waals surface area contributed by atoms with Crippen LogP contribution in [0.25, 0.3) is 10.6 Å². The predicted octanol–water partition coefficient (Wildman–Crippen LogP) is 2.73. The Morgan fingerprint density at radius 1 is 1.50 bits per heavy atom. The summed E-state index contributed by atoms with van der Waals surface area (Å²) in [6.07, 6.45) is 0. The van der Waals surface area contributed by atoms with Crippen LogP contribution in [0.15, 0.2) is 12.1 Å². The molecule has 0 saturated heterocycles. The number of hydrogen-bond donors (Lipinski definition) is 1. The maximum Gasteiger partial charge on any atom is 0.317 e. The summed E-state index contributed by atoms with van der Waals surface area (Å²) >= 11 is 1.17. The van der Waals surface area contributed by atoms with Gasteiger partial charge in [-0.15, -0.1) is 11.3 Å². The van der Waals surface area contributed by atoms with E-state index in [1.165, 1.54) is 11.3 Å². The van der Waals surface area contributed by atoms with Crippen LogP contribution in [-0.2, 0) is 0 Å². The van der Waals surface area contributed by atoms with Crippen LogP contribution >= 0.6 is 11.3 Å². The number of aryl methyl sites for hydroxylation is 1. The van der Waals surface area contributed by atoms with Crippen molar-refractivity contribution in [3.05, 3.63) is 32.8 Å². The molecule has 0 amide bonds. The Morgan fingerprint density at radius 2 is 2.25 bits per heavy atom. The summed E-state index contributed by atoms with van der Waals surface area (Å²) < 4.78 is 0. The highest BCUT2D eigenvalue weighted by atomic mass is 32.1. The molecule has 8 heteroatoms. The molecule has 0 atom stereocenters. The van der Waals surface area contributed by atoms with E-state index < -0.39 is 4.92 Å². The van der Waals surface area contributed by atoms with Crippen LogP contribution in [0.5, 0.6) is 0 Å². The van der Waals surface area contributed by atoms with Crippen LogP contribution in [0.1, 0.15) is 17.5 Å². The van der Waals surface area contributed by atoms with E-state index in [0.717, 1.165) is 0 Å². The molecule has 102 valence electrons. The number of aromatic nitrogens is 2. The van der Waals surface area contributed by atoms with E-state index >= 15 is 0 Å². The molecule has 0 fully saturated rings. The van der Waals surface area contributed by atoms with Crippen molar-refractivity contribution in [2.24, 2.45) is 0 Å². The highest BCUT2D eigenvalue weighted by Crippen LogP contribution is 2.35. The minimum absolute atomic E-state index is 0.127. The van der Waals surface area contributed by atoms with Gasteiger partial charge in [-0.25, -0.2) is 9.97 Å². The summed E-state index contributed by atoms with van der Waals surface area (Å²) in [5, 5.41) is 23.0. The lowest BCUT2D eigenvalue weighted by Crippen LogP contribution is -2.07. The minimum atomic E-state index is -0.494. The van der Waals surface area contributed by atoms with E-state index in [0.29, 0.717) is 27.9 Å². The molecule has 2 rings (SSSR count). The molecule has 0 aliphatic heterocycles. The average Bonchev–Trinajstić information content (AvgIpc) is 2.86. The Morgan fingerprint density at radius 3 is 2.80 bits per heavy atom. The summed E-state index contributed by atoms with van der Waals surface area (Å²) in [5.41, 5.74) is 0.408. The maximum atomic E-state index is 11.2. The average molecular weight is 289 g/mol. The van der Waals surface area contributed by atoms with Crippen LogP contribution in [-0.4, -0.2) is 21.4 Å². The Bertz CT molecular complexity index is 704. The minimum Gasteiger partial charge on any atom is -0.354 e. The molecular weight excluding hydrogens is 278 g/mol. The molecule has 0 saturated carbocycles. The van der Waals surface area contributed by atoms with Gasteiger partial charge in [-0.2, -0.15) is 5.26 Å². The van der Waals surface area contributed by atoms with Gasteiger partial charge in [-0.1, -0.05) is 0 Å². The van der Waals surface area contributed by atoms with E-state index in [9.17, 15) is 10.1 Å². The molecule has 1 N–H and O–H groups in total. The molecule has 2 heterocycles. The van der Waals surface area contributed by atoms with Crippen molar-refractivity contribution in [2.75, 3.05) is 11.9 Å². The molecule has 0 aliphatic rings. The van der Waals surface area contributed by atoms with Crippen molar-refractivity contribution in [3.8, 4) is 16.6 Å². The molecule has 0 radical (unpaired) electrons. The van der Waals surface area contributed by atoms with Crippen LogP contribution in [0.2, 0.25) is 0 Å². The second kappa shape index (κ2) is 5.63. The maximum absolute atomic E-state index is 11.2. The lowest BCUT2D eigenvalue weighted by molar-refractivity contribution is -0.385. The molecular formula is C12H11N5O2S. The van der Waals surface area contributed by atoms with Gasteiger partial charge in [0.25, 0.3) is 0 Å². The largest absolute Gasteiger partial charge is 0.354 e. The lowest BCUT2D eigenvalue weighted by Gasteiger charge is -2.06. The topological polar surface area (TPSA) is 105 Å². The zero-order valence-corrected chi connectivity index (χ0v) is 11.7. The Labute approximate surface area is 119 Å². The number of hydrogen-bond acceptors (Lipinski definition) is 7. The van der Waals surface area contributed by atoms with Crippen molar-refractivity contribution in [1.82, 2.24) is 9.97 Å². The van der Waals surface area contributed by atoms with E-state index in [4.69, 9.17) is 5.26 Å². The highest BCUT2D eigenvalue weighted by Gasteiger charge is 2.24. The first kappa shape index (κ1) is 13.9. The van der Waals surface area contributed by atoms with Gasteiger partial charge in [0, 0.05) is 6.54 Å². The number of nitro groups is 1. The third-order valence-corrected chi connectivity index (χ3v) is 3.52. The summed E-state index contributed by atoms with van der Waals surface area (Å²) in [4.78, 5) is 20.0. The molecule has 0 bridgehead atoms. The second-order valence-corrected chi connectivity index (χ2v) is 4.98. The summed E-state index contributed by atoms with van der Waals surface area (Å²) in [6, 6.07) is 5.29. The second-order valence-electron chi connectivity index (χ2n) is 3.89. The summed E-state index contributed by atoms with van der Waals surface area (Å²) in [7, 11) is 0. The zero-order chi connectivity index (χ0) is 14.7. The molecule has 20 heavy (non-hydrogen) atoms. The van der Waals surface area contributed by atoms with Gasteiger partial charge in [0.05, 0.1) is 9.80 Å². The summed E-state index contributed by atoms with van der Waals surface area (Å²) in [5.74, 6) is 0.345. The Balaban J connectivity index is 2.64. The van der Waals surface area contributed by atoms with Crippen LogP contribution in [0.3, 0.4) is 0 Å². The quantitative estimate of drug-likeness (QED) is 0.685. The lowest BCUT2D eigenvalue weighted by atomic mass is 10.2. The van der Waals surface area contributed by atoms with Gasteiger partial charge in [0.1, 0.15) is 16.6 Å². The Kier molecular flexibility index (Phi) is 3.91. The number of thiophene rings is 1. The first-order chi connectivity index (χ1) is 9.56. The third-order valence-electron chi connectivity index (χ3n) is 2.53.